The number of hydrazone groups is 1. The number of hydrogen-bond donors (Lipinski definition) is 1. The monoisotopic (exact) mass is 416 g/mol. The van der Waals surface area contributed by atoms with Crippen molar-refractivity contribution in [1.82, 2.24) is 5.43 Å². The molecule has 2 aromatic rings. The maximum atomic E-state index is 12.2. The van der Waals surface area contributed by atoms with Gasteiger partial charge in [-0.3, -0.25) is 4.79 Å². The van der Waals surface area contributed by atoms with Crippen molar-refractivity contribution in [3.05, 3.63) is 58.6 Å². The van der Waals surface area contributed by atoms with Crippen LogP contribution in [0, 0.1) is 6.92 Å². The van der Waals surface area contributed by atoms with E-state index in [4.69, 9.17) is 21.1 Å². The summed E-state index contributed by atoms with van der Waals surface area (Å²) in [4.78, 5) is 12.2. The zero-order valence-corrected chi connectivity index (χ0v) is 18.0. The molecule has 0 fully saturated rings. The lowest BCUT2D eigenvalue weighted by Gasteiger charge is -2.14. The highest BCUT2D eigenvalue weighted by atomic mass is 35.5. The highest BCUT2D eigenvalue weighted by molar-refractivity contribution is 6.30. The lowest BCUT2D eigenvalue weighted by atomic mass is 10.2. The number of hydrogen-bond acceptors (Lipinski definition) is 4. The lowest BCUT2D eigenvalue weighted by molar-refractivity contribution is -0.127. The Bertz CT molecular complexity index is 806. The fraction of sp³-hybridized carbons (Fsp3) is 0.391. The van der Waals surface area contributed by atoms with Gasteiger partial charge in [-0.2, -0.15) is 5.10 Å². The largest absolute Gasteiger partial charge is 0.494 e. The maximum Gasteiger partial charge on any atom is 0.280 e. The average Bonchev–Trinajstić information content (AvgIpc) is 2.71. The molecule has 2 rings (SSSR count). The number of aryl methyl sites for hydroxylation is 1. The second kappa shape index (κ2) is 12.1. The first kappa shape index (κ1) is 22.8. The first-order valence-corrected chi connectivity index (χ1v) is 10.4. The first-order chi connectivity index (χ1) is 14.0. The summed E-state index contributed by atoms with van der Waals surface area (Å²) >= 11 is 5.93. The first-order valence-electron chi connectivity index (χ1n) is 9.98. The molecular weight excluding hydrogens is 388 g/mol. The third-order valence-electron chi connectivity index (χ3n) is 4.35. The van der Waals surface area contributed by atoms with Gasteiger partial charge in [0.05, 0.1) is 12.8 Å². The SMILES string of the molecule is CCCCCCOc1ccc(/C=N/NC(=O)[C@@H](C)Oc2ccc(Cl)cc2C)cc1. The van der Waals surface area contributed by atoms with Gasteiger partial charge in [-0.25, -0.2) is 5.43 Å². The molecule has 1 atom stereocenters. The number of unbranched alkanes of at least 4 members (excludes halogenated alkanes) is 3. The molecule has 0 heterocycles. The summed E-state index contributed by atoms with van der Waals surface area (Å²) < 4.78 is 11.4. The van der Waals surface area contributed by atoms with Crippen LogP contribution in [0.1, 0.15) is 50.7 Å². The molecule has 0 aliphatic heterocycles. The fourth-order valence-electron chi connectivity index (χ4n) is 2.62. The summed E-state index contributed by atoms with van der Waals surface area (Å²) in [6, 6.07) is 12.9. The Balaban J connectivity index is 1.77. The van der Waals surface area contributed by atoms with Crippen LogP contribution < -0.4 is 14.9 Å². The van der Waals surface area contributed by atoms with Gasteiger partial charge in [0.1, 0.15) is 11.5 Å². The Morgan fingerprint density at radius 3 is 2.62 bits per heavy atom. The Hall–Kier alpha value is -2.53. The van der Waals surface area contributed by atoms with Crippen molar-refractivity contribution in [3.8, 4) is 11.5 Å². The van der Waals surface area contributed by atoms with E-state index in [0.717, 1.165) is 29.9 Å². The maximum absolute atomic E-state index is 12.2. The molecule has 0 saturated carbocycles. The number of amides is 1. The Morgan fingerprint density at radius 2 is 1.93 bits per heavy atom. The molecule has 0 saturated heterocycles. The van der Waals surface area contributed by atoms with Gasteiger partial charge in [-0.1, -0.05) is 37.8 Å². The van der Waals surface area contributed by atoms with Crippen LogP contribution >= 0.6 is 11.6 Å². The molecule has 29 heavy (non-hydrogen) atoms. The molecule has 0 bridgehead atoms. The standard InChI is InChI=1S/C23H29ClN2O3/c1-4-5-6-7-14-28-21-11-8-19(9-12-21)16-25-26-23(27)18(3)29-22-13-10-20(24)15-17(22)2/h8-13,15-16,18H,4-7,14H2,1-3H3,(H,26,27)/b25-16+/t18-/m1/s1. The van der Waals surface area contributed by atoms with E-state index >= 15 is 0 Å². The van der Waals surface area contributed by atoms with Gasteiger partial charge in [0.15, 0.2) is 6.10 Å². The van der Waals surface area contributed by atoms with Crippen LogP contribution in [0.4, 0.5) is 0 Å². The van der Waals surface area contributed by atoms with Gasteiger partial charge in [0.2, 0.25) is 0 Å². The molecule has 0 unspecified atom stereocenters. The number of ether oxygens (including phenoxy) is 2. The molecule has 6 heteroatoms. The zero-order valence-electron chi connectivity index (χ0n) is 17.3. The quantitative estimate of drug-likeness (QED) is 0.298. The average molecular weight is 417 g/mol. The highest BCUT2D eigenvalue weighted by Crippen LogP contribution is 2.22. The van der Waals surface area contributed by atoms with E-state index in [0.29, 0.717) is 10.8 Å². The van der Waals surface area contributed by atoms with E-state index in [-0.39, 0.29) is 5.91 Å². The van der Waals surface area contributed by atoms with Gasteiger partial charge in [-0.15, -0.1) is 0 Å². The molecule has 0 radical (unpaired) electrons. The van der Waals surface area contributed by atoms with E-state index in [9.17, 15) is 4.79 Å². The minimum absolute atomic E-state index is 0.331. The van der Waals surface area contributed by atoms with Crippen LogP contribution in [-0.2, 0) is 4.79 Å². The fourth-order valence-corrected chi connectivity index (χ4v) is 2.85. The van der Waals surface area contributed by atoms with Gasteiger partial charge in [0, 0.05) is 5.02 Å². The van der Waals surface area contributed by atoms with Gasteiger partial charge in [0.25, 0.3) is 5.91 Å². The second-order valence-corrected chi connectivity index (χ2v) is 7.32. The number of halogens is 1. The van der Waals surface area contributed by atoms with Crippen molar-refractivity contribution in [1.29, 1.82) is 0 Å². The topological polar surface area (TPSA) is 59.9 Å². The third kappa shape index (κ3) is 8.16. The Morgan fingerprint density at radius 1 is 1.17 bits per heavy atom. The van der Waals surface area contributed by atoms with Crippen molar-refractivity contribution in [3.63, 3.8) is 0 Å². The molecule has 156 valence electrons. The third-order valence-corrected chi connectivity index (χ3v) is 4.58. The molecule has 0 aliphatic rings. The smallest absolute Gasteiger partial charge is 0.280 e. The zero-order chi connectivity index (χ0) is 21.1. The van der Waals surface area contributed by atoms with Gasteiger partial charge < -0.3 is 9.47 Å². The predicted molar refractivity (Wildman–Crippen MR) is 118 cm³/mol. The van der Waals surface area contributed by atoms with E-state index in [1.54, 1.807) is 31.3 Å². The molecule has 0 spiro atoms. The number of rotatable bonds is 11. The van der Waals surface area contributed by atoms with Crippen LogP contribution in [0.5, 0.6) is 11.5 Å². The van der Waals surface area contributed by atoms with E-state index < -0.39 is 6.10 Å². The number of nitrogens with one attached hydrogen (secondary N) is 1. The minimum atomic E-state index is -0.685. The molecule has 1 amide bonds. The van der Waals surface area contributed by atoms with E-state index in [2.05, 4.69) is 17.5 Å². The second-order valence-electron chi connectivity index (χ2n) is 6.88. The Labute approximate surface area is 178 Å². The van der Waals surface area contributed by atoms with Crippen molar-refractivity contribution in [2.24, 2.45) is 5.10 Å². The number of nitrogens with zero attached hydrogens (tertiary/aromatic N) is 1. The predicted octanol–water partition coefficient (Wildman–Crippen LogP) is 5.53. The van der Waals surface area contributed by atoms with E-state index in [1.165, 1.54) is 19.3 Å². The molecule has 1 N–H and O–H groups in total. The molecular formula is C23H29ClN2O3. The molecule has 0 aliphatic carbocycles. The minimum Gasteiger partial charge on any atom is -0.494 e. The summed E-state index contributed by atoms with van der Waals surface area (Å²) in [6.45, 7) is 6.47. The van der Waals surface area contributed by atoms with Crippen LogP contribution in [-0.4, -0.2) is 24.8 Å². The lowest BCUT2D eigenvalue weighted by Crippen LogP contribution is -2.33. The summed E-state index contributed by atoms with van der Waals surface area (Å²) in [7, 11) is 0. The van der Waals surface area contributed by atoms with Crippen molar-refractivity contribution in [2.45, 2.75) is 52.6 Å². The number of benzene rings is 2. The van der Waals surface area contributed by atoms with Crippen molar-refractivity contribution >= 4 is 23.7 Å². The Kier molecular flexibility index (Phi) is 9.51. The summed E-state index contributed by atoms with van der Waals surface area (Å²) in [5.74, 6) is 1.12. The van der Waals surface area contributed by atoms with Crippen LogP contribution in [0.3, 0.4) is 0 Å². The summed E-state index contributed by atoms with van der Waals surface area (Å²) in [5.41, 5.74) is 4.23. The van der Waals surface area contributed by atoms with Crippen molar-refractivity contribution < 1.29 is 14.3 Å². The van der Waals surface area contributed by atoms with Crippen LogP contribution in [0.25, 0.3) is 0 Å². The molecule has 0 aromatic heterocycles. The molecule has 5 nitrogen and oxygen atoms in total. The normalized spacial score (nSPS) is 12.0. The van der Waals surface area contributed by atoms with Crippen LogP contribution in [0.15, 0.2) is 47.6 Å². The van der Waals surface area contributed by atoms with Gasteiger partial charge >= 0.3 is 0 Å². The summed E-state index contributed by atoms with van der Waals surface area (Å²) in [6.07, 6.45) is 5.63. The van der Waals surface area contributed by atoms with Gasteiger partial charge in [-0.05, 0) is 73.9 Å². The van der Waals surface area contributed by atoms with Crippen molar-refractivity contribution in [2.75, 3.05) is 6.61 Å². The number of carbonyl (C=O) groups is 1. The highest BCUT2D eigenvalue weighted by Gasteiger charge is 2.15. The number of carbonyl (C=O) groups excluding carboxylic acids is 1. The van der Waals surface area contributed by atoms with E-state index in [1.807, 2.05) is 31.2 Å². The van der Waals surface area contributed by atoms with Crippen LogP contribution in [0.2, 0.25) is 5.02 Å². The summed E-state index contributed by atoms with van der Waals surface area (Å²) in [5, 5.41) is 4.63. The molecule has 2 aromatic carbocycles.